The van der Waals surface area contributed by atoms with E-state index in [1.807, 2.05) is 26.0 Å². The Bertz CT molecular complexity index is 1140. The van der Waals surface area contributed by atoms with Gasteiger partial charge in [-0.3, -0.25) is 0 Å². The highest BCUT2D eigenvalue weighted by Gasteiger charge is 2.32. The van der Waals surface area contributed by atoms with Crippen molar-refractivity contribution in [3.05, 3.63) is 58.9 Å². The van der Waals surface area contributed by atoms with Gasteiger partial charge in [0.25, 0.3) is 0 Å². The van der Waals surface area contributed by atoms with Gasteiger partial charge in [0.1, 0.15) is 5.84 Å². The van der Waals surface area contributed by atoms with Crippen LogP contribution in [0.5, 0.6) is 11.5 Å². The smallest absolute Gasteiger partial charge is 0.225 e. The molecule has 1 heterocycles. The molecule has 0 spiro atoms. The van der Waals surface area contributed by atoms with Gasteiger partial charge in [-0.2, -0.15) is 0 Å². The van der Waals surface area contributed by atoms with Crippen LogP contribution < -0.4 is 19.7 Å². The minimum absolute atomic E-state index is 0.0243. The number of nitrogens with zero attached hydrogens (tertiary/aromatic N) is 3. The fourth-order valence-electron chi connectivity index (χ4n) is 3.73. The summed E-state index contributed by atoms with van der Waals surface area (Å²) in [6.45, 7) is 5.49. The first-order chi connectivity index (χ1) is 15.3. The minimum atomic E-state index is -3.83. The van der Waals surface area contributed by atoms with Crippen LogP contribution >= 0.6 is 0 Å². The molecule has 0 bridgehead atoms. The number of benzene rings is 2. The molecular weight excluding hydrogens is 428 g/mol. The van der Waals surface area contributed by atoms with Gasteiger partial charge in [0.2, 0.25) is 9.84 Å². The molecule has 3 rings (SSSR count). The summed E-state index contributed by atoms with van der Waals surface area (Å²) in [7, 11) is 2.71. The maximum atomic E-state index is 13.5. The van der Waals surface area contributed by atoms with Crippen LogP contribution in [0.3, 0.4) is 0 Å². The first kappa shape index (κ1) is 23.5. The van der Waals surface area contributed by atoms with Crippen LogP contribution in [0.2, 0.25) is 0 Å². The summed E-state index contributed by atoms with van der Waals surface area (Å²) in [6, 6.07) is 12.1. The molecule has 0 fully saturated rings. The maximum Gasteiger partial charge on any atom is 0.225 e. The van der Waals surface area contributed by atoms with Gasteiger partial charge in [0.05, 0.1) is 24.8 Å². The predicted molar refractivity (Wildman–Crippen MR) is 127 cm³/mol. The van der Waals surface area contributed by atoms with Crippen molar-refractivity contribution in [2.45, 2.75) is 18.7 Å². The summed E-state index contributed by atoms with van der Waals surface area (Å²) >= 11 is 0. The van der Waals surface area contributed by atoms with E-state index in [9.17, 15) is 8.42 Å². The molecule has 8 nitrogen and oxygen atoms in total. The van der Waals surface area contributed by atoms with Crippen molar-refractivity contribution >= 4 is 21.4 Å². The highest BCUT2D eigenvalue weighted by Crippen LogP contribution is 2.40. The summed E-state index contributed by atoms with van der Waals surface area (Å²) in [6.07, 6.45) is 0. The summed E-state index contributed by atoms with van der Waals surface area (Å²) in [4.78, 5) is 8.89. The SMILES string of the molecule is CCN(CC)C1=NC(=C(NC)S(=O)(=O)c2ccccc2)N(C)c2cc(OC)c(OC)cc21. The van der Waals surface area contributed by atoms with Gasteiger partial charge < -0.3 is 24.6 Å². The van der Waals surface area contributed by atoms with Crippen LogP contribution in [0.1, 0.15) is 19.4 Å². The lowest BCUT2D eigenvalue weighted by Crippen LogP contribution is -2.38. The molecule has 1 aliphatic heterocycles. The van der Waals surface area contributed by atoms with E-state index in [0.717, 1.165) is 11.3 Å². The lowest BCUT2D eigenvalue weighted by molar-refractivity contribution is 0.354. The van der Waals surface area contributed by atoms with Crippen molar-refractivity contribution < 1.29 is 17.9 Å². The normalized spacial score (nSPS) is 14.9. The van der Waals surface area contributed by atoms with E-state index in [2.05, 4.69) is 10.2 Å². The van der Waals surface area contributed by atoms with Crippen LogP contribution in [-0.4, -0.2) is 60.6 Å². The minimum Gasteiger partial charge on any atom is -0.493 e. The van der Waals surface area contributed by atoms with E-state index in [4.69, 9.17) is 14.5 Å². The van der Waals surface area contributed by atoms with E-state index in [-0.39, 0.29) is 9.92 Å². The zero-order valence-electron chi connectivity index (χ0n) is 19.3. The lowest BCUT2D eigenvalue weighted by Gasteiger charge is -2.34. The van der Waals surface area contributed by atoms with Crippen molar-refractivity contribution in [3.8, 4) is 11.5 Å². The predicted octanol–water partition coefficient (Wildman–Crippen LogP) is 3.06. The number of ether oxygens (including phenoxy) is 2. The van der Waals surface area contributed by atoms with Crippen LogP contribution in [0, 0.1) is 0 Å². The molecule has 32 heavy (non-hydrogen) atoms. The van der Waals surface area contributed by atoms with Crippen molar-refractivity contribution in [1.82, 2.24) is 10.2 Å². The van der Waals surface area contributed by atoms with E-state index >= 15 is 0 Å². The average Bonchev–Trinajstić information content (AvgIpc) is 2.82. The topological polar surface area (TPSA) is 83.5 Å². The van der Waals surface area contributed by atoms with Gasteiger partial charge in [-0.15, -0.1) is 0 Å². The standard InChI is InChI=1S/C23H30N4O4S/c1-7-27(8-2)21-17-14-19(30-5)20(31-6)15-18(17)26(4)22(25-21)23(24-3)32(28,29)16-12-10-9-11-13-16/h9-15,24H,7-8H2,1-6H3. The Morgan fingerprint density at radius 3 is 2.19 bits per heavy atom. The highest BCUT2D eigenvalue weighted by atomic mass is 32.2. The van der Waals surface area contributed by atoms with Gasteiger partial charge in [-0.1, -0.05) is 18.2 Å². The average molecular weight is 459 g/mol. The molecule has 1 N–H and O–H groups in total. The Hall–Kier alpha value is -3.20. The molecule has 2 aromatic carbocycles. The molecule has 0 saturated carbocycles. The third kappa shape index (κ3) is 4.00. The summed E-state index contributed by atoms with van der Waals surface area (Å²) in [5, 5.41) is 2.91. The van der Waals surface area contributed by atoms with Gasteiger partial charge in [0, 0.05) is 38.8 Å². The van der Waals surface area contributed by atoms with E-state index < -0.39 is 9.84 Å². The summed E-state index contributed by atoms with van der Waals surface area (Å²) < 4.78 is 38.0. The van der Waals surface area contributed by atoms with Crippen LogP contribution in [0.15, 0.2) is 63.2 Å². The first-order valence-corrected chi connectivity index (χ1v) is 11.9. The number of hydrogen-bond donors (Lipinski definition) is 1. The second-order valence-electron chi connectivity index (χ2n) is 7.11. The van der Waals surface area contributed by atoms with Crippen molar-refractivity contribution in [2.75, 3.05) is 46.3 Å². The number of fused-ring (bicyclic) bond motifs is 1. The number of amidine groups is 1. The Kier molecular flexibility index (Phi) is 6.98. The molecule has 0 aromatic heterocycles. The molecule has 0 radical (unpaired) electrons. The first-order valence-electron chi connectivity index (χ1n) is 10.4. The number of nitrogens with one attached hydrogen (secondary N) is 1. The zero-order valence-corrected chi connectivity index (χ0v) is 20.2. The monoisotopic (exact) mass is 458 g/mol. The van der Waals surface area contributed by atoms with E-state index in [0.29, 0.717) is 36.2 Å². The molecule has 0 amide bonds. The third-order valence-corrected chi connectivity index (χ3v) is 7.27. The summed E-state index contributed by atoms with van der Waals surface area (Å²) in [5.41, 5.74) is 1.61. The van der Waals surface area contributed by atoms with Gasteiger partial charge >= 0.3 is 0 Å². The molecule has 9 heteroatoms. The maximum absolute atomic E-state index is 13.5. The molecule has 1 aliphatic rings. The quantitative estimate of drug-likeness (QED) is 0.683. The molecule has 0 aliphatic carbocycles. The molecule has 0 atom stereocenters. The number of rotatable bonds is 7. The van der Waals surface area contributed by atoms with Gasteiger partial charge in [-0.25, -0.2) is 13.4 Å². The Morgan fingerprint density at radius 2 is 1.66 bits per heavy atom. The molecule has 172 valence electrons. The van der Waals surface area contributed by atoms with Crippen LogP contribution in [0.25, 0.3) is 0 Å². The van der Waals surface area contributed by atoms with Crippen LogP contribution in [-0.2, 0) is 9.84 Å². The fourth-order valence-corrected chi connectivity index (χ4v) is 5.17. The van der Waals surface area contributed by atoms with Crippen molar-refractivity contribution in [2.24, 2.45) is 4.99 Å². The van der Waals surface area contributed by atoms with E-state index in [1.54, 1.807) is 63.5 Å². The fraction of sp³-hybridized carbons (Fsp3) is 0.348. The van der Waals surface area contributed by atoms with Gasteiger partial charge in [-0.05, 0) is 32.0 Å². The Labute approximate surface area is 190 Å². The van der Waals surface area contributed by atoms with Crippen molar-refractivity contribution in [3.63, 3.8) is 0 Å². The zero-order chi connectivity index (χ0) is 23.5. The Balaban J connectivity index is 2.34. The van der Waals surface area contributed by atoms with E-state index in [1.165, 1.54) is 0 Å². The number of aliphatic imine (C=N–C) groups is 1. The molecule has 0 saturated heterocycles. The molecule has 0 unspecified atom stereocenters. The molecular formula is C23H30N4O4S. The second kappa shape index (κ2) is 9.52. The third-order valence-electron chi connectivity index (χ3n) is 5.45. The number of sulfone groups is 1. The Morgan fingerprint density at radius 1 is 1.06 bits per heavy atom. The number of anilines is 1. The highest BCUT2D eigenvalue weighted by molar-refractivity contribution is 7.95. The largest absolute Gasteiger partial charge is 0.493 e. The van der Waals surface area contributed by atoms with Crippen LogP contribution in [0.4, 0.5) is 5.69 Å². The number of hydrogen-bond acceptors (Lipinski definition) is 8. The second-order valence-corrected chi connectivity index (χ2v) is 9.00. The molecule has 2 aromatic rings. The summed E-state index contributed by atoms with van der Waals surface area (Å²) in [5.74, 6) is 2.11. The van der Waals surface area contributed by atoms with Crippen molar-refractivity contribution in [1.29, 1.82) is 0 Å². The van der Waals surface area contributed by atoms with Gasteiger partial charge in [0.15, 0.2) is 22.3 Å². The lowest BCUT2D eigenvalue weighted by atomic mass is 10.1. The number of methoxy groups -OCH3 is 2.